The van der Waals surface area contributed by atoms with Crippen LogP contribution in [-0.4, -0.2) is 32.3 Å². The van der Waals surface area contributed by atoms with Gasteiger partial charge in [0.15, 0.2) is 0 Å². The number of hydrogen-bond acceptors (Lipinski definition) is 4. The zero-order valence-corrected chi connectivity index (χ0v) is 10.8. The van der Waals surface area contributed by atoms with Gasteiger partial charge in [-0.05, 0) is 24.6 Å². The Balaban J connectivity index is 2.46. The molecular formula is C13H20N2O3. The molecule has 0 aliphatic carbocycles. The van der Waals surface area contributed by atoms with E-state index in [1.165, 1.54) is 0 Å². The molecule has 1 rings (SSSR count). The number of methoxy groups -OCH3 is 1. The first-order chi connectivity index (χ1) is 8.63. The number of nitrogens with one attached hydrogen (secondary N) is 1. The molecule has 0 radical (unpaired) electrons. The van der Waals surface area contributed by atoms with E-state index >= 15 is 0 Å². The minimum Gasteiger partial charge on any atom is -0.491 e. The maximum Gasteiger partial charge on any atom is 0.236 e. The number of carbonyl (C=O) groups excluding carboxylic acids is 1. The highest BCUT2D eigenvalue weighted by Gasteiger charge is 2.06. The van der Waals surface area contributed by atoms with Crippen molar-refractivity contribution in [3.05, 3.63) is 29.8 Å². The fourth-order valence-electron chi connectivity index (χ4n) is 1.34. The second-order valence-corrected chi connectivity index (χ2v) is 4.00. The number of benzene rings is 1. The summed E-state index contributed by atoms with van der Waals surface area (Å²) in [5.41, 5.74) is 6.43. The van der Waals surface area contributed by atoms with Crippen molar-refractivity contribution < 1.29 is 14.3 Å². The van der Waals surface area contributed by atoms with Crippen LogP contribution in [0.4, 0.5) is 0 Å². The number of amides is 1. The van der Waals surface area contributed by atoms with Crippen molar-refractivity contribution >= 4 is 5.91 Å². The smallest absolute Gasteiger partial charge is 0.236 e. The molecule has 0 heterocycles. The summed E-state index contributed by atoms with van der Waals surface area (Å²) in [5, 5.41) is 2.75. The summed E-state index contributed by atoms with van der Waals surface area (Å²) in [6, 6.07) is 7.07. The van der Waals surface area contributed by atoms with Gasteiger partial charge in [0.05, 0.1) is 12.6 Å². The van der Waals surface area contributed by atoms with Gasteiger partial charge in [-0.25, -0.2) is 0 Å². The Morgan fingerprint density at radius 2 is 2.22 bits per heavy atom. The lowest BCUT2D eigenvalue weighted by Crippen LogP contribution is -2.37. The topological polar surface area (TPSA) is 73.6 Å². The standard InChI is InChI=1S/C13H20N2O3/c1-10(14)13(16)15-9-11-4-3-5-12(8-11)18-7-6-17-2/h3-5,8,10H,6-7,9,14H2,1-2H3,(H,15,16)/t10-/m1/s1. The molecule has 3 N–H and O–H groups in total. The van der Waals surface area contributed by atoms with E-state index in [0.717, 1.165) is 11.3 Å². The van der Waals surface area contributed by atoms with Crippen LogP contribution in [0.2, 0.25) is 0 Å². The lowest BCUT2D eigenvalue weighted by molar-refractivity contribution is -0.122. The molecule has 100 valence electrons. The van der Waals surface area contributed by atoms with Gasteiger partial charge < -0.3 is 20.5 Å². The zero-order chi connectivity index (χ0) is 13.4. The summed E-state index contributed by atoms with van der Waals surface area (Å²) in [5.74, 6) is 0.598. The van der Waals surface area contributed by atoms with Crippen LogP contribution in [0.25, 0.3) is 0 Å². The van der Waals surface area contributed by atoms with E-state index in [-0.39, 0.29) is 5.91 Å². The van der Waals surface area contributed by atoms with E-state index in [1.54, 1.807) is 14.0 Å². The molecule has 0 aliphatic heterocycles. The Morgan fingerprint density at radius 1 is 1.44 bits per heavy atom. The van der Waals surface area contributed by atoms with Crippen LogP contribution in [0.15, 0.2) is 24.3 Å². The van der Waals surface area contributed by atoms with E-state index in [2.05, 4.69) is 5.32 Å². The average Bonchev–Trinajstić information content (AvgIpc) is 2.36. The van der Waals surface area contributed by atoms with E-state index in [0.29, 0.717) is 19.8 Å². The summed E-state index contributed by atoms with van der Waals surface area (Å²) in [7, 11) is 1.63. The van der Waals surface area contributed by atoms with Crippen LogP contribution in [0.5, 0.6) is 5.75 Å². The maximum absolute atomic E-state index is 11.3. The van der Waals surface area contributed by atoms with E-state index < -0.39 is 6.04 Å². The third kappa shape index (κ3) is 5.16. The number of ether oxygens (including phenoxy) is 2. The Kier molecular flexibility index (Phi) is 6.18. The molecule has 0 fully saturated rings. The Bertz CT molecular complexity index is 380. The fourth-order valence-corrected chi connectivity index (χ4v) is 1.34. The van der Waals surface area contributed by atoms with Crippen molar-refractivity contribution in [2.75, 3.05) is 20.3 Å². The highest BCUT2D eigenvalue weighted by atomic mass is 16.5. The van der Waals surface area contributed by atoms with Crippen molar-refractivity contribution in [3.8, 4) is 5.75 Å². The summed E-state index contributed by atoms with van der Waals surface area (Å²) in [4.78, 5) is 11.3. The van der Waals surface area contributed by atoms with Gasteiger partial charge in [0.1, 0.15) is 12.4 Å². The first-order valence-corrected chi connectivity index (χ1v) is 5.87. The van der Waals surface area contributed by atoms with Crippen molar-refractivity contribution in [2.24, 2.45) is 5.73 Å². The molecule has 0 unspecified atom stereocenters. The molecule has 0 aromatic heterocycles. The summed E-state index contributed by atoms with van der Waals surface area (Å²) in [6.45, 7) is 3.15. The molecule has 0 bridgehead atoms. The molecule has 1 aromatic rings. The van der Waals surface area contributed by atoms with Crippen LogP contribution in [0, 0.1) is 0 Å². The van der Waals surface area contributed by atoms with Crippen molar-refractivity contribution in [2.45, 2.75) is 19.5 Å². The van der Waals surface area contributed by atoms with Crippen LogP contribution >= 0.6 is 0 Å². The number of carbonyl (C=O) groups is 1. The Labute approximate surface area is 107 Å². The van der Waals surface area contributed by atoms with Gasteiger partial charge in [0.25, 0.3) is 0 Å². The van der Waals surface area contributed by atoms with Gasteiger partial charge in [-0.1, -0.05) is 12.1 Å². The van der Waals surface area contributed by atoms with Crippen LogP contribution in [0.1, 0.15) is 12.5 Å². The van der Waals surface area contributed by atoms with E-state index in [4.69, 9.17) is 15.2 Å². The molecular weight excluding hydrogens is 232 g/mol. The highest BCUT2D eigenvalue weighted by Crippen LogP contribution is 2.13. The maximum atomic E-state index is 11.3. The summed E-state index contributed by atoms with van der Waals surface area (Å²) in [6.07, 6.45) is 0. The molecule has 0 aliphatic rings. The Morgan fingerprint density at radius 3 is 2.89 bits per heavy atom. The molecule has 5 nitrogen and oxygen atoms in total. The third-order valence-electron chi connectivity index (χ3n) is 2.33. The summed E-state index contributed by atoms with van der Waals surface area (Å²) >= 11 is 0. The first-order valence-electron chi connectivity index (χ1n) is 5.87. The van der Waals surface area contributed by atoms with Gasteiger partial charge in [-0.2, -0.15) is 0 Å². The second kappa shape index (κ2) is 7.68. The number of rotatable bonds is 7. The Hall–Kier alpha value is -1.59. The van der Waals surface area contributed by atoms with Gasteiger partial charge in [-0.3, -0.25) is 4.79 Å². The van der Waals surface area contributed by atoms with E-state index in [9.17, 15) is 4.79 Å². The van der Waals surface area contributed by atoms with Crippen molar-refractivity contribution in [1.29, 1.82) is 0 Å². The molecule has 1 atom stereocenters. The zero-order valence-electron chi connectivity index (χ0n) is 10.8. The monoisotopic (exact) mass is 252 g/mol. The van der Waals surface area contributed by atoms with Crippen molar-refractivity contribution in [1.82, 2.24) is 5.32 Å². The molecule has 18 heavy (non-hydrogen) atoms. The molecule has 5 heteroatoms. The minimum absolute atomic E-state index is 0.166. The van der Waals surface area contributed by atoms with Gasteiger partial charge in [0.2, 0.25) is 5.91 Å². The van der Waals surface area contributed by atoms with Gasteiger partial charge in [0, 0.05) is 13.7 Å². The minimum atomic E-state index is -0.494. The molecule has 0 spiro atoms. The molecule has 1 amide bonds. The molecule has 1 aromatic carbocycles. The van der Waals surface area contributed by atoms with Crippen LogP contribution < -0.4 is 15.8 Å². The predicted molar refractivity (Wildman–Crippen MR) is 69.3 cm³/mol. The lowest BCUT2D eigenvalue weighted by atomic mass is 10.2. The van der Waals surface area contributed by atoms with Crippen LogP contribution in [0.3, 0.4) is 0 Å². The largest absolute Gasteiger partial charge is 0.491 e. The SMILES string of the molecule is COCCOc1cccc(CNC(=O)[C@@H](C)N)c1. The quantitative estimate of drug-likeness (QED) is 0.700. The van der Waals surface area contributed by atoms with Gasteiger partial charge >= 0.3 is 0 Å². The number of nitrogens with two attached hydrogens (primary N) is 1. The first kappa shape index (κ1) is 14.5. The third-order valence-corrected chi connectivity index (χ3v) is 2.33. The molecule has 0 saturated carbocycles. The lowest BCUT2D eigenvalue weighted by Gasteiger charge is -2.10. The second-order valence-electron chi connectivity index (χ2n) is 4.00. The normalized spacial score (nSPS) is 11.9. The average molecular weight is 252 g/mol. The highest BCUT2D eigenvalue weighted by molar-refractivity contribution is 5.80. The summed E-state index contributed by atoms with van der Waals surface area (Å²) < 4.78 is 10.4. The fraction of sp³-hybridized carbons (Fsp3) is 0.462. The number of hydrogen-bond donors (Lipinski definition) is 2. The predicted octanol–water partition coefficient (Wildman–Crippen LogP) is 0.675. The van der Waals surface area contributed by atoms with Crippen LogP contribution in [-0.2, 0) is 16.1 Å². The molecule has 0 saturated heterocycles. The van der Waals surface area contributed by atoms with Crippen molar-refractivity contribution in [3.63, 3.8) is 0 Å². The van der Waals surface area contributed by atoms with E-state index in [1.807, 2.05) is 24.3 Å². The van der Waals surface area contributed by atoms with Gasteiger partial charge in [-0.15, -0.1) is 0 Å².